The van der Waals surface area contributed by atoms with E-state index in [-0.39, 0.29) is 23.7 Å². The molecule has 1 aromatic heterocycles. The molecule has 6 nitrogen and oxygen atoms in total. The van der Waals surface area contributed by atoms with E-state index in [0.29, 0.717) is 19.0 Å². The summed E-state index contributed by atoms with van der Waals surface area (Å²) in [7, 11) is 1.84. The van der Waals surface area contributed by atoms with Crippen LogP contribution in [0.2, 0.25) is 0 Å². The van der Waals surface area contributed by atoms with Crippen molar-refractivity contribution in [2.45, 2.75) is 33.3 Å². The second kappa shape index (κ2) is 7.24. The SMILES string of the molecule is Cl.Cn1nc(CC(C)(C)C)cc1NC(=O)C1CNCCO1. The third kappa shape index (κ3) is 5.30. The molecule has 0 saturated carbocycles. The topological polar surface area (TPSA) is 68.2 Å². The fraction of sp³-hybridized carbons (Fsp3) is 0.714. The molecule has 0 radical (unpaired) electrons. The number of anilines is 1. The van der Waals surface area contributed by atoms with Crippen LogP contribution in [-0.4, -0.2) is 41.5 Å². The lowest BCUT2D eigenvalue weighted by molar-refractivity contribution is -0.128. The molecule has 1 saturated heterocycles. The molecule has 1 amide bonds. The van der Waals surface area contributed by atoms with Gasteiger partial charge in [0, 0.05) is 26.2 Å². The number of carbonyl (C=O) groups excluding carboxylic acids is 1. The molecular formula is C14H25ClN4O2. The lowest BCUT2D eigenvalue weighted by Gasteiger charge is -2.22. The number of rotatable bonds is 3. The molecule has 0 aliphatic carbocycles. The highest BCUT2D eigenvalue weighted by Gasteiger charge is 2.23. The van der Waals surface area contributed by atoms with Gasteiger partial charge < -0.3 is 15.4 Å². The van der Waals surface area contributed by atoms with Crippen molar-refractivity contribution in [1.82, 2.24) is 15.1 Å². The molecule has 0 bridgehead atoms. The van der Waals surface area contributed by atoms with E-state index in [0.717, 1.165) is 18.7 Å². The van der Waals surface area contributed by atoms with Gasteiger partial charge in [-0.05, 0) is 11.8 Å². The van der Waals surface area contributed by atoms with E-state index in [1.165, 1.54) is 0 Å². The number of hydrogen-bond donors (Lipinski definition) is 2. The highest BCUT2D eigenvalue weighted by atomic mass is 35.5. The number of ether oxygens (including phenoxy) is 1. The number of morpholine rings is 1. The minimum atomic E-state index is -0.426. The Labute approximate surface area is 132 Å². The third-order valence-electron chi connectivity index (χ3n) is 3.11. The molecule has 2 rings (SSSR count). The first-order valence-electron chi connectivity index (χ1n) is 7.01. The van der Waals surface area contributed by atoms with Crippen molar-refractivity contribution in [2.75, 3.05) is 25.0 Å². The average molecular weight is 317 g/mol. The molecule has 1 fully saturated rings. The van der Waals surface area contributed by atoms with E-state index in [1.54, 1.807) is 4.68 Å². The Bertz CT molecular complexity index is 476. The second-order valence-electron chi connectivity index (χ2n) is 6.43. The molecule has 2 N–H and O–H groups in total. The number of amides is 1. The van der Waals surface area contributed by atoms with Crippen LogP contribution in [0, 0.1) is 5.41 Å². The minimum Gasteiger partial charge on any atom is -0.366 e. The van der Waals surface area contributed by atoms with Gasteiger partial charge >= 0.3 is 0 Å². The van der Waals surface area contributed by atoms with Crippen LogP contribution in [-0.2, 0) is 23.0 Å². The van der Waals surface area contributed by atoms with Crippen LogP contribution in [0.3, 0.4) is 0 Å². The van der Waals surface area contributed by atoms with E-state index in [1.807, 2.05) is 13.1 Å². The van der Waals surface area contributed by atoms with Gasteiger partial charge in [0.1, 0.15) is 11.9 Å². The molecule has 1 atom stereocenters. The molecule has 1 unspecified atom stereocenters. The zero-order valence-corrected chi connectivity index (χ0v) is 13.9. The maximum absolute atomic E-state index is 12.1. The molecule has 2 heterocycles. The number of halogens is 1. The highest BCUT2D eigenvalue weighted by molar-refractivity contribution is 5.93. The molecule has 1 aromatic rings. The van der Waals surface area contributed by atoms with E-state index in [2.05, 4.69) is 36.5 Å². The van der Waals surface area contributed by atoms with Crippen LogP contribution in [0.4, 0.5) is 5.82 Å². The molecule has 21 heavy (non-hydrogen) atoms. The summed E-state index contributed by atoms with van der Waals surface area (Å²) in [5.74, 6) is 0.589. The van der Waals surface area contributed by atoms with Gasteiger partial charge in [-0.1, -0.05) is 20.8 Å². The fourth-order valence-electron chi connectivity index (χ4n) is 2.21. The smallest absolute Gasteiger partial charge is 0.255 e. The first kappa shape index (κ1) is 17.9. The summed E-state index contributed by atoms with van der Waals surface area (Å²) in [6.45, 7) is 8.42. The lowest BCUT2D eigenvalue weighted by Crippen LogP contribution is -2.45. The fourth-order valence-corrected chi connectivity index (χ4v) is 2.21. The Hall–Kier alpha value is -1.11. The lowest BCUT2D eigenvalue weighted by atomic mass is 9.91. The van der Waals surface area contributed by atoms with Crippen molar-refractivity contribution in [2.24, 2.45) is 12.5 Å². The number of hydrogen-bond acceptors (Lipinski definition) is 4. The van der Waals surface area contributed by atoms with Crippen molar-refractivity contribution in [3.63, 3.8) is 0 Å². The highest BCUT2D eigenvalue weighted by Crippen LogP contribution is 2.21. The van der Waals surface area contributed by atoms with Gasteiger partial charge in [0.2, 0.25) is 0 Å². The Morgan fingerprint density at radius 3 is 2.86 bits per heavy atom. The number of aromatic nitrogens is 2. The van der Waals surface area contributed by atoms with Gasteiger partial charge in [0.25, 0.3) is 5.91 Å². The number of nitrogens with one attached hydrogen (secondary N) is 2. The van der Waals surface area contributed by atoms with Gasteiger partial charge in [0.05, 0.1) is 12.3 Å². The number of aryl methyl sites for hydroxylation is 1. The van der Waals surface area contributed by atoms with Crippen LogP contribution in [0.25, 0.3) is 0 Å². The summed E-state index contributed by atoms with van der Waals surface area (Å²) in [6.07, 6.45) is 0.447. The summed E-state index contributed by atoms with van der Waals surface area (Å²) in [6, 6.07) is 1.93. The van der Waals surface area contributed by atoms with Crippen LogP contribution >= 0.6 is 12.4 Å². The molecule has 1 aliphatic heterocycles. The monoisotopic (exact) mass is 316 g/mol. The molecule has 7 heteroatoms. The molecule has 0 spiro atoms. The molecular weight excluding hydrogens is 292 g/mol. The van der Waals surface area contributed by atoms with Crippen molar-refractivity contribution in [3.8, 4) is 0 Å². The van der Waals surface area contributed by atoms with Gasteiger partial charge in [0.15, 0.2) is 0 Å². The predicted molar refractivity (Wildman–Crippen MR) is 84.9 cm³/mol. The zero-order chi connectivity index (χ0) is 14.8. The summed E-state index contributed by atoms with van der Waals surface area (Å²) in [5, 5.41) is 10.5. The zero-order valence-electron chi connectivity index (χ0n) is 13.1. The van der Waals surface area contributed by atoms with Gasteiger partial charge in [-0.2, -0.15) is 5.10 Å². The summed E-state index contributed by atoms with van der Waals surface area (Å²) in [4.78, 5) is 12.1. The van der Waals surface area contributed by atoms with E-state index < -0.39 is 6.10 Å². The van der Waals surface area contributed by atoms with Crippen molar-refractivity contribution < 1.29 is 9.53 Å². The minimum absolute atomic E-state index is 0. The number of nitrogens with zero attached hydrogens (tertiary/aromatic N) is 2. The predicted octanol–water partition coefficient (Wildman–Crippen LogP) is 1.36. The maximum Gasteiger partial charge on any atom is 0.255 e. The van der Waals surface area contributed by atoms with E-state index in [4.69, 9.17) is 4.74 Å². The normalized spacial score (nSPS) is 19.0. The summed E-state index contributed by atoms with van der Waals surface area (Å²) < 4.78 is 7.14. The first-order chi connectivity index (χ1) is 9.35. The Morgan fingerprint density at radius 2 is 2.29 bits per heavy atom. The molecule has 1 aliphatic rings. The summed E-state index contributed by atoms with van der Waals surface area (Å²) >= 11 is 0. The Morgan fingerprint density at radius 1 is 1.57 bits per heavy atom. The Balaban J connectivity index is 0.00000220. The third-order valence-corrected chi connectivity index (χ3v) is 3.11. The van der Waals surface area contributed by atoms with Crippen molar-refractivity contribution in [1.29, 1.82) is 0 Å². The van der Waals surface area contributed by atoms with Gasteiger partial charge in [-0.3, -0.25) is 9.48 Å². The average Bonchev–Trinajstić information content (AvgIpc) is 2.68. The van der Waals surface area contributed by atoms with Crippen LogP contribution in [0.15, 0.2) is 6.07 Å². The second-order valence-corrected chi connectivity index (χ2v) is 6.43. The molecule has 120 valence electrons. The van der Waals surface area contributed by atoms with Crippen LogP contribution in [0.1, 0.15) is 26.5 Å². The van der Waals surface area contributed by atoms with E-state index >= 15 is 0 Å². The first-order valence-corrected chi connectivity index (χ1v) is 7.01. The van der Waals surface area contributed by atoms with E-state index in [9.17, 15) is 4.79 Å². The molecule has 0 aromatic carbocycles. The summed E-state index contributed by atoms with van der Waals surface area (Å²) in [5.41, 5.74) is 1.16. The van der Waals surface area contributed by atoms with Crippen molar-refractivity contribution >= 4 is 24.1 Å². The number of carbonyl (C=O) groups is 1. The van der Waals surface area contributed by atoms with Gasteiger partial charge in [-0.15, -0.1) is 12.4 Å². The van der Waals surface area contributed by atoms with Gasteiger partial charge in [-0.25, -0.2) is 0 Å². The van der Waals surface area contributed by atoms with Crippen molar-refractivity contribution in [3.05, 3.63) is 11.8 Å². The maximum atomic E-state index is 12.1. The largest absolute Gasteiger partial charge is 0.366 e. The Kier molecular flexibility index (Phi) is 6.19. The standard InChI is InChI=1S/C14H24N4O2.ClH/c1-14(2,3)8-10-7-12(18(4)17-10)16-13(19)11-9-15-5-6-20-11;/h7,11,15H,5-6,8-9H2,1-4H3,(H,16,19);1H. The van der Waals surface area contributed by atoms with Crippen LogP contribution in [0.5, 0.6) is 0 Å². The van der Waals surface area contributed by atoms with Crippen LogP contribution < -0.4 is 10.6 Å². The quantitative estimate of drug-likeness (QED) is 0.883.